The molecule has 0 saturated carbocycles. The third kappa shape index (κ3) is 4.20. The fourth-order valence-corrected chi connectivity index (χ4v) is 3.49. The Morgan fingerprint density at radius 1 is 1.14 bits per heavy atom. The number of ketones is 1. The van der Waals surface area contributed by atoms with E-state index in [2.05, 4.69) is 5.10 Å². The fourth-order valence-electron chi connectivity index (χ4n) is 3.15. The monoisotopic (exact) mass is 402 g/mol. The number of esters is 1. The van der Waals surface area contributed by atoms with Gasteiger partial charge in [-0.1, -0.05) is 24.1 Å². The van der Waals surface area contributed by atoms with E-state index in [-0.39, 0.29) is 24.1 Å². The summed E-state index contributed by atoms with van der Waals surface area (Å²) in [5.41, 5.74) is 5.16. The Morgan fingerprint density at radius 3 is 2.36 bits per heavy atom. The minimum Gasteiger partial charge on any atom is -0.407 e. The van der Waals surface area contributed by atoms with Crippen LogP contribution in [0, 0.1) is 13.8 Å². The fraction of sp³-hybridized carbons (Fsp3) is 0.409. The van der Waals surface area contributed by atoms with Crippen LogP contribution in [0.5, 0.6) is 5.88 Å². The SMILES string of the molecule is CCCC(=O)Oc1c(C(=O)c2ccc(Cl)c(C(C)=C(C)C)c2C)c(C)nn1C. The number of carbonyl (C=O) groups excluding carboxylic acids is 2. The summed E-state index contributed by atoms with van der Waals surface area (Å²) in [6.07, 6.45) is 0.947. The van der Waals surface area contributed by atoms with Crippen molar-refractivity contribution in [2.75, 3.05) is 0 Å². The lowest BCUT2D eigenvalue weighted by atomic mass is 9.91. The van der Waals surface area contributed by atoms with E-state index >= 15 is 0 Å². The van der Waals surface area contributed by atoms with Gasteiger partial charge in [-0.2, -0.15) is 5.10 Å². The van der Waals surface area contributed by atoms with Crippen LogP contribution in [-0.4, -0.2) is 21.5 Å². The molecular formula is C22H27ClN2O3. The van der Waals surface area contributed by atoms with Gasteiger partial charge >= 0.3 is 5.97 Å². The summed E-state index contributed by atoms with van der Waals surface area (Å²) in [5, 5.41) is 4.89. The van der Waals surface area contributed by atoms with Crippen molar-refractivity contribution in [3.8, 4) is 5.88 Å². The quantitative estimate of drug-likeness (QED) is 0.476. The van der Waals surface area contributed by atoms with Gasteiger partial charge in [-0.3, -0.25) is 9.59 Å². The first kappa shape index (κ1) is 21.9. The van der Waals surface area contributed by atoms with Gasteiger partial charge in [0, 0.05) is 24.1 Å². The first-order valence-electron chi connectivity index (χ1n) is 9.32. The van der Waals surface area contributed by atoms with Crippen LogP contribution in [-0.2, 0) is 11.8 Å². The zero-order valence-corrected chi connectivity index (χ0v) is 18.3. The molecule has 6 heteroatoms. The van der Waals surface area contributed by atoms with Crippen molar-refractivity contribution in [3.05, 3.63) is 50.7 Å². The van der Waals surface area contributed by atoms with Crippen LogP contribution in [0.1, 0.15) is 73.3 Å². The summed E-state index contributed by atoms with van der Waals surface area (Å²) >= 11 is 6.43. The molecule has 150 valence electrons. The van der Waals surface area contributed by atoms with E-state index in [1.165, 1.54) is 4.68 Å². The number of ether oxygens (including phenoxy) is 1. The van der Waals surface area contributed by atoms with Crippen LogP contribution in [0.4, 0.5) is 0 Å². The molecule has 0 amide bonds. The van der Waals surface area contributed by atoms with Crippen molar-refractivity contribution in [3.63, 3.8) is 0 Å². The van der Waals surface area contributed by atoms with Crippen LogP contribution in [0.2, 0.25) is 5.02 Å². The highest BCUT2D eigenvalue weighted by Gasteiger charge is 2.27. The first-order chi connectivity index (χ1) is 13.1. The van der Waals surface area contributed by atoms with E-state index in [4.69, 9.17) is 16.3 Å². The van der Waals surface area contributed by atoms with E-state index in [1.807, 2.05) is 34.6 Å². The van der Waals surface area contributed by atoms with Crippen molar-refractivity contribution in [1.29, 1.82) is 0 Å². The van der Waals surface area contributed by atoms with Crippen LogP contribution < -0.4 is 4.74 Å². The molecule has 0 unspecified atom stereocenters. The standard InChI is InChI=1S/C22H27ClN2O3/c1-8-9-18(26)28-22-20(15(6)24-25(22)7)21(27)16-10-11-17(23)19(14(16)5)13(4)12(2)3/h10-11H,8-9H2,1-7H3. The summed E-state index contributed by atoms with van der Waals surface area (Å²) in [6.45, 7) is 11.5. The zero-order chi connectivity index (χ0) is 21.2. The Hall–Kier alpha value is -2.40. The Labute approximate surface area is 171 Å². The Balaban J connectivity index is 2.61. The molecule has 0 aliphatic heterocycles. The molecule has 0 spiro atoms. The van der Waals surface area contributed by atoms with E-state index in [0.29, 0.717) is 28.3 Å². The highest BCUT2D eigenvalue weighted by atomic mass is 35.5. The van der Waals surface area contributed by atoms with Crippen LogP contribution in [0.25, 0.3) is 5.57 Å². The molecule has 0 N–H and O–H groups in total. The number of allylic oxidation sites excluding steroid dienone is 2. The maximum absolute atomic E-state index is 13.4. The molecule has 5 nitrogen and oxygen atoms in total. The number of hydrogen-bond acceptors (Lipinski definition) is 4. The number of carbonyl (C=O) groups is 2. The summed E-state index contributed by atoms with van der Waals surface area (Å²) in [5.74, 6) is -0.439. The third-order valence-electron chi connectivity index (χ3n) is 4.85. The van der Waals surface area contributed by atoms with Gasteiger partial charge in [-0.15, -0.1) is 0 Å². The van der Waals surface area contributed by atoms with E-state index in [0.717, 1.165) is 22.3 Å². The highest BCUT2D eigenvalue weighted by molar-refractivity contribution is 6.32. The Morgan fingerprint density at radius 2 is 1.79 bits per heavy atom. The lowest BCUT2D eigenvalue weighted by Crippen LogP contribution is -2.14. The molecule has 1 aromatic carbocycles. The number of aromatic nitrogens is 2. The number of halogens is 1. The number of nitrogens with zero attached hydrogens (tertiary/aromatic N) is 2. The molecule has 0 bridgehead atoms. The average molecular weight is 403 g/mol. The van der Waals surface area contributed by atoms with Crippen molar-refractivity contribution >= 4 is 28.9 Å². The summed E-state index contributed by atoms with van der Waals surface area (Å²) < 4.78 is 6.90. The van der Waals surface area contributed by atoms with Gasteiger partial charge in [0.05, 0.1) is 5.69 Å². The summed E-state index contributed by atoms with van der Waals surface area (Å²) in [6, 6.07) is 3.45. The van der Waals surface area contributed by atoms with Gasteiger partial charge in [0.15, 0.2) is 0 Å². The van der Waals surface area contributed by atoms with Gasteiger partial charge < -0.3 is 4.74 Å². The largest absolute Gasteiger partial charge is 0.407 e. The van der Waals surface area contributed by atoms with Crippen LogP contribution in [0.3, 0.4) is 0 Å². The average Bonchev–Trinajstić information content (AvgIpc) is 2.87. The molecule has 1 aromatic heterocycles. The molecule has 0 saturated heterocycles. The van der Waals surface area contributed by atoms with E-state index < -0.39 is 0 Å². The maximum atomic E-state index is 13.4. The predicted octanol–water partition coefficient (Wildman–Crippen LogP) is 5.44. The van der Waals surface area contributed by atoms with Crippen LogP contribution in [0.15, 0.2) is 17.7 Å². The predicted molar refractivity (Wildman–Crippen MR) is 112 cm³/mol. The van der Waals surface area contributed by atoms with Gasteiger partial charge in [0.2, 0.25) is 11.7 Å². The summed E-state index contributed by atoms with van der Waals surface area (Å²) in [4.78, 5) is 25.4. The first-order valence-corrected chi connectivity index (χ1v) is 9.70. The number of benzene rings is 1. The smallest absolute Gasteiger partial charge is 0.312 e. The van der Waals surface area contributed by atoms with Crippen molar-refractivity contribution in [2.24, 2.45) is 7.05 Å². The molecule has 0 radical (unpaired) electrons. The minimum atomic E-state index is -0.381. The molecule has 0 aliphatic carbocycles. The molecule has 0 aliphatic rings. The van der Waals surface area contributed by atoms with Crippen molar-refractivity contribution in [2.45, 2.75) is 54.4 Å². The van der Waals surface area contributed by atoms with Gasteiger partial charge in [0.1, 0.15) is 5.56 Å². The number of rotatable bonds is 6. The third-order valence-corrected chi connectivity index (χ3v) is 5.16. The number of hydrogen-bond donors (Lipinski definition) is 0. The lowest BCUT2D eigenvalue weighted by Gasteiger charge is -2.15. The Bertz CT molecular complexity index is 967. The van der Waals surface area contributed by atoms with Gasteiger partial charge in [-0.25, -0.2) is 4.68 Å². The topological polar surface area (TPSA) is 61.2 Å². The van der Waals surface area contributed by atoms with Gasteiger partial charge in [0.25, 0.3) is 0 Å². The highest BCUT2D eigenvalue weighted by Crippen LogP contribution is 2.34. The lowest BCUT2D eigenvalue weighted by molar-refractivity contribution is -0.134. The van der Waals surface area contributed by atoms with E-state index in [1.54, 1.807) is 26.1 Å². The Kier molecular flexibility index (Phi) is 6.83. The summed E-state index contributed by atoms with van der Waals surface area (Å²) in [7, 11) is 1.66. The molecule has 2 rings (SSSR count). The normalized spacial score (nSPS) is 10.7. The molecule has 1 heterocycles. The zero-order valence-electron chi connectivity index (χ0n) is 17.6. The molecular weight excluding hydrogens is 376 g/mol. The maximum Gasteiger partial charge on any atom is 0.312 e. The second-order valence-electron chi connectivity index (χ2n) is 7.16. The number of aryl methyl sites for hydroxylation is 2. The minimum absolute atomic E-state index is 0.177. The molecule has 28 heavy (non-hydrogen) atoms. The molecule has 2 aromatic rings. The molecule has 0 fully saturated rings. The van der Waals surface area contributed by atoms with Crippen molar-refractivity contribution in [1.82, 2.24) is 9.78 Å². The van der Waals surface area contributed by atoms with E-state index in [9.17, 15) is 9.59 Å². The van der Waals surface area contributed by atoms with Crippen LogP contribution >= 0.6 is 11.6 Å². The van der Waals surface area contributed by atoms with Crippen molar-refractivity contribution < 1.29 is 14.3 Å². The second kappa shape index (κ2) is 8.74. The second-order valence-corrected chi connectivity index (χ2v) is 7.57. The molecule has 0 atom stereocenters. The van der Waals surface area contributed by atoms with Gasteiger partial charge in [-0.05, 0) is 69.9 Å².